The summed E-state index contributed by atoms with van der Waals surface area (Å²) in [7, 11) is 0. The lowest BCUT2D eigenvalue weighted by Gasteiger charge is -2.24. The number of hydrogen-bond donors (Lipinski definition) is 1. The summed E-state index contributed by atoms with van der Waals surface area (Å²) in [5, 5.41) is 4.29. The average Bonchev–Trinajstić information content (AvgIpc) is 1.88. The van der Waals surface area contributed by atoms with Gasteiger partial charge in [-0.15, -0.1) is 11.8 Å². The maximum atomic E-state index is 3.54. The molecule has 0 radical (unpaired) electrons. The Balaban J connectivity index is 2.13. The quantitative estimate of drug-likeness (QED) is 0.663. The van der Waals surface area contributed by atoms with Gasteiger partial charge in [0.25, 0.3) is 0 Å². The van der Waals surface area contributed by atoms with Gasteiger partial charge in [-0.25, -0.2) is 0 Å². The summed E-state index contributed by atoms with van der Waals surface area (Å²) in [5.41, 5.74) is 0. The van der Waals surface area contributed by atoms with E-state index in [1.54, 1.807) is 0 Å². The molecule has 1 nitrogen and oxygen atoms in total. The third-order valence-electron chi connectivity index (χ3n) is 1.70. The average molecular weight is 159 g/mol. The zero-order valence-corrected chi connectivity index (χ0v) is 7.71. The molecular formula is C8H17NS. The fourth-order valence-electron chi connectivity index (χ4n) is 1.24. The summed E-state index contributed by atoms with van der Waals surface area (Å²) in [6.45, 7) is 4.43. The Labute approximate surface area is 68.0 Å². The van der Waals surface area contributed by atoms with Crippen LogP contribution in [0.3, 0.4) is 0 Å². The van der Waals surface area contributed by atoms with Crippen LogP contribution in [0.5, 0.6) is 0 Å². The van der Waals surface area contributed by atoms with Crippen molar-refractivity contribution < 1.29 is 0 Å². The minimum atomic E-state index is 0.649. The smallest absolute Gasteiger partial charge is 0.0534 e. The molecule has 1 saturated heterocycles. The SMILES string of the molecule is CC(C)NC1CCCCS1. The molecule has 0 aromatic heterocycles. The van der Waals surface area contributed by atoms with Crippen LogP contribution in [0, 0.1) is 0 Å². The van der Waals surface area contributed by atoms with E-state index in [9.17, 15) is 0 Å². The highest BCUT2D eigenvalue weighted by molar-refractivity contribution is 7.99. The first-order valence-corrected chi connectivity index (χ1v) is 5.21. The van der Waals surface area contributed by atoms with Crippen LogP contribution >= 0.6 is 11.8 Å². The maximum absolute atomic E-state index is 3.54. The van der Waals surface area contributed by atoms with Crippen LogP contribution < -0.4 is 5.32 Å². The lowest BCUT2D eigenvalue weighted by atomic mass is 10.2. The summed E-state index contributed by atoms with van der Waals surface area (Å²) in [4.78, 5) is 0. The second kappa shape index (κ2) is 4.24. The monoisotopic (exact) mass is 159 g/mol. The van der Waals surface area contributed by atoms with Crippen molar-refractivity contribution in [3.8, 4) is 0 Å². The van der Waals surface area contributed by atoms with Crippen LogP contribution in [0.15, 0.2) is 0 Å². The van der Waals surface area contributed by atoms with Crippen molar-refractivity contribution in [1.29, 1.82) is 0 Å². The Kier molecular flexibility index (Phi) is 3.57. The normalized spacial score (nSPS) is 27.3. The van der Waals surface area contributed by atoms with E-state index >= 15 is 0 Å². The van der Waals surface area contributed by atoms with Gasteiger partial charge in [0.15, 0.2) is 0 Å². The molecule has 1 N–H and O–H groups in total. The third kappa shape index (κ3) is 2.93. The van der Waals surface area contributed by atoms with Gasteiger partial charge in [-0.05, 0) is 32.4 Å². The van der Waals surface area contributed by atoms with Gasteiger partial charge in [0.2, 0.25) is 0 Å². The zero-order chi connectivity index (χ0) is 7.40. The van der Waals surface area contributed by atoms with Crippen LogP contribution in [-0.4, -0.2) is 17.2 Å². The minimum absolute atomic E-state index is 0.649. The Morgan fingerprint density at radius 3 is 2.70 bits per heavy atom. The Bertz CT molecular complexity index is 87.3. The first kappa shape index (κ1) is 8.41. The molecule has 0 aromatic rings. The fraction of sp³-hybridized carbons (Fsp3) is 1.00. The molecule has 10 heavy (non-hydrogen) atoms. The van der Waals surface area contributed by atoms with Crippen molar-refractivity contribution in [2.24, 2.45) is 0 Å². The molecule has 1 fully saturated rings. The summed E-state index contributed by atoms with van der Waals surface area (Å²) < 4.78 is 0. The van der Waals surface area contributed by atoms with Gasteiger partial charge >= 0.3 is 0 Å². The highest BCUT2D eigenvalue weighted by Crippen LogP contribution is 2.22. The van der Waals surface area contributed by atoms with Gasteiger partial charge in [-0.3, -0.25) is 0 Å². The second-order valence-corrected chi connectivity index (χ2v) is 4.49. The Hall–Kier alpha value is 0.310. The highest BCUT2D eigenvalue weighted by Gasteiger charge is 2.13. The van der Waals surface area contributed by atoms with E-state index in [4.69, 9.17) is 0 Å². The predicted molar refractivity (Wildman–Crippen MR) is 48.4 cm³/mol. The first-order valence-electron chi connectivity index (χ1n) is 4.16. The molecule has 0 saturated carbocycles. The highest BCUT2D eigenvalue weighted by atomic mass is 32.2. The first-order chi connectivity index (χ1) is 4.79. The third-order valence-corrected chi connectivity index (χ3v) is 3.00. The molecule has 1 rings (SSSR count). The molecule has 60 valence electrons. The molecule has 1 aliphatic heterocycles. The molecule has 1 aliphatic rings. The largest absolute Gasteiger partial charge is 0.303 e. The molecule has 0 spiro atoms. The van der Waals surface area contributed by atoms with Crippen molar-refractivity contribution in [1.82, 2.24) is 5.32 Å². The van der Waals surface area contributed by atoms with Crippen molar-refractivity contribution >= 4 is 11.8 Å². The van der Waals surface area contributed by atoms with Crippen LogP contribution in [-0.2, 0) is 0 Å². The van der Waals surface area contributed by atoms with Crippen LogP contribution in [0.25, 0.3) is 0 Å². The molecule has 2 heteroatoms. The van der Waals surface area contributed by atoms with Crippen LogP contribution in [0.1, 0.15) is 33.1 Å². The molecule has 0 aromatic carbocycles. The molecule has 1 unspecified atom stereocenters. The lowest BCUT2D eigenvalue weighted by molar-refractivity contribution is 0.515. The van der Waals surface area contributed by atoms with E-state index in [0.29, 0.717) is 6.04 Å². The van der Waals surface area contributed by atoms with Gasteiger partial charge in [0.05, 0.1) is 5.37 Å². The fourth-order valence-corrected chi connectivity index (χ4v) is 2.60. The van der Waals surface area contributed by atoms with Crippen LogP contribution in [0.4, 0.5) is 0 Å². The number of nitrogens with one attached hydrogen (secondary N) is 1. The van der Waals surface area contributed by atoms with E-state index in [-0.39, 0.29) is 0 Å². The molecular weight excluding hydrogens is 142 g/mol. The summed E-state index contributed by atoms with van der Waals surface area (Å²) in [5.74, 6) is 1.35. The Morgan fingerprint density at radius 2 is 2.20 bits per heavy atom. The molecule has 1 atom stereocenters. The second-order valence-electron chi connectivity index (χ2n) is 3.18. The van der Waals surface area contributed by atoms with E-state index in [1.807, 2.05) is 0 Å². The van der Waals surface area contributed by atoms with E-state index in [0.717, 1.165) is 5.37 Å². The van der Waals surface area contributed by atoms with Crippen molar-refractivity contribution in [2.45, 2.75) is 44.5 Å². The lowest BCUT2D eigenvalue weighted by Crippen LogP contribution is -2.33. The topological polar surface area (TPSA) is 12.0 Å². The van der Waals surface area contributed by atoms with Gasteiger partial charge < -0.3 is 5.32 Å². The van der Waals surface area contributed by atoms with E-state index in [2.05, 4.69) is 30.9 Å². The number of thioether (sulfide) groups is 1. The van der Waals surface area contributed by atoms with E-state index in [1.165, 1.54) is 25.0 Å². The standard InChI is InChI=1S/C8H17NS/c1-7(2)9-8-5-3-4-6-10-8/h7-9H,3-6H2,1-2H3. The van der Waals surface area contributed by atoms with Crippen LogP contribution in [0.2, 0.25) is 0 Å². The van der Waals surface area contributed by atoms with Gasteiger partial charge in [0.1, 0.15) is 0 Å². The predicted octanol–water partition coefficient (Wildman–Crippen LogP) is 2.23. The molecule has 1 heterocycles. The van der Waals surface area contributed by atoms with Gasteiger partial charge in [-0.2, -0.15) is 0 Å². The number of rotatable bonds is 2. The zero-order valence-electron chi connectivity index (χ0n) is 6.89. The van der Waals surface area contributed by atoms with Crippen molar-refractivity contribution in [3.05, 3.63) is 0 Å². The van der Waals surface area contributed by atoms with Crippen molar-refractivity contribution in [2.75, 3.05) is 5.75 Å². The van der Waals surface area contributed by atoms with Gasteiger partial charge in [-0.1, -0.05) is 6.42 Å². The molecule has 0 bridgehead atoms. The number of hydrogen-bond acceptors (Lipinski definition) is 2. The Morgan fingerprint density at radius 1 is 1.40 bits per heavy atom. The molecule has 0 aliphatic carbocycles. The summed E-state index contributed by atoms with van der Waals surface area (Å²) in [6.07, 6.45) is 4.20. The van der Waals surface area contributed by atoms with E-state index < -0.39 is 0 Å². The van der Waals surface area contributed by atoms with Gasteiger partial charge in [0, 0.05) is 6.04 Å². The maximum Gasteiger partial charge on any atom is 0.0534 e. The summed E-state index contributed by atoms with van der Waals surface area (Å²) >= 11 is 2.08. The molecule has 0 amide bonds. The van der Waals surface area contributed by atoms with Crippen molar-refractivity contribution in [3.63, 3.8) is 0 Å². The minimum Gasteiger partial charge on any atom is -0.303 e. The summed E-state index contributed by atoms with van der Waals surface area (Å²) in [6, 6.07) is 0.649.